The normalized spacial score (nSPS) is 24.0. The second-order valence-corrected chi connectivity index (χ2v) is 9.97. The van der Waals surface area contributed by atoms with Gasteiger partial charge in [-0.2, -0.15) is 0 Å². The van der Waals surface area contributed by atoms with Crippen molar-refractivity contribution >= 4 is 11.6 Å². The van der Waals surface area contributed by atoms with Crippen LogP contribution in [0.25, 0.3) is 0 Å². The Morgan fingerprint density at radius 2 is 1.32 bits per heavy atom. The number of phenolic OH excluding ortho intramolecular Hbond substituents is 2. The summed E-state index contributed by atoms with van der Waals surface area (Å²) in [4.78, 5) is 26.3. The van der Waals surface area contributed by atoms with Gasteiger partial charge in [-0.1, -0.05) is 33.8 Å². The van der Waals surface area contributed by atoms with E-state index in [9.17, 15) is 19.8 Å². The molecule has 0 saturated heterocycles. The average Bonchev–Trinajstić information content (AvgIpc) is 2.53. The highest BCUT2D eigenvalue weighted by atomic mass is 16.3. The van der Waals surface area contributed by atoms with Crippen LogP contribution in [0, 0.1) is 10.8 Å². The third-order valence-electron chi connectivity index (χ3n) is 6.05. The van der Waals surface area contributed by atoms with Crippen LogP contribution in [0.2, 0.25) is 0 Å². The highest BCUT2D eigenvalue weighted by Crippen LogP contribution is 2.51. The molecule has 5 nitrogen and oxygen atoms in total. The number of aromatic hydroxyl groups is 2. The number of allylic oxidation sites excluding steroid dienone is 4. The van der Waals surface area contributed by atoms with Gasteiger partial charge in [0.2, 0.25) is 0 Å². The maximum absolute atomic E-state index is 13.1. The van der Waals surface area contributed by atoms with E-state index in [0.717, 1.165) is 24.2 Å². The highest BCUT2D eigenvalue weighted by molar-refractivity contribution is 6.06. The summed E-state index contributed by atoms with van der Waals surface area (Å²) >= 11 is 0. The van der Waals surface area contributed by atoms with E-state index < -0.39 is 5.92 Å². The molecule has 1 aliphatic heterocycles. The zero-order valence-electron chi connectivity index (χ0n) is 16.8. The van der Waals surface area contributed by atoms with Crippen LogP contribution >= 0.6 is 0 Å². The predicted molar refractivity (Wildman–Crippen MR) is 106 cm³/mol. The zero-order chi connectivity index (χ0) is 20.4. The van der Waals surface area contributed by atoms with Crippen molar-refractivity contribution in [3.05, 3.63) is 46.3 Å². The first-order chi connectivity index (χ1) is 13.0. The van der Waals surface area contributed by atoms with Gasteiger partial charge in [0, 0.05) is 41.3 Å². The molecule has 0 saturated carbocycles. The number of phenols is 2. The number of hydrogen-bond donors (Lipinski definition) is 3. The van der Waals surface area contributed by atoms with Crippen LogP contribution in [-0.4, -0.2) is 21.8 Å². The Labute approximate surface area is 165 Å². The number of hydrogen-bond acceptors (Lipinski definition) is 5. The lowest BCUT2D eigenvalue weighted by Crippen LogP contribution is -2.42. The van der Waals surface area contributed by atoms with Crippen LogP contribution < -0.4 is 5.32 Å². The summed E-state index contributed by atoms with van der Waals surface area (Å²) in [6.07, 6.45) is 2.33. The lowest BCUT2D eigenvalue weighted by atomic mass is 9.64. The number of dihydropyridines is 1. The zero-order valence-corrected chi connectivity index (χ0v) is 16.8. The fourth-order valence-electron chi connectivity index (χ4n) is 4.94. The van der Waals surface area contributed by atoms with Crippen molar-refractivity contribution in [1.29, 1.82) is 0 Å². The van der Waals surface area contributed by atoms with Gasteiger partial charge in [0.05, 0.1) is 0 Å². The molecule has 0 spiro atoms. The predicted octanol–water partition coefficient (Wildman–Crippen LogP) is 4.07. The van der Waals surface area contributed by atoms with E-state index >= 15 is 0 Å². The van der Waals surface area contributed by atoms with Crippen molar-refractivity contribution < 1.29 is 19.8 Å². The standard InChI is InChI=1S/C23H27NO4/c1-22(2)8-13-20(17(27)10-22)19(12-5-6-15(25)16(26)7-12)21-14(24-13)9-23(3,4)11-18(21)28/h5-7,19,24-26H,8-11H2,1-4H3. The summed E-state index contributed by atoms with van der Waals surface area (Å²) in [6.45, 7) is 8.32. The molecule has 0 unspecified atom stereocenters. The summed E-state index contributed by atoms with van der Waals surface area (Å²) in [5.41, 5.74) is 3.43. The van der Waals surface area contributed by atoms with Crippen molar-refractivity contribution in [3.63, 3.8) is 0 Å². The maximum atomic E-state index is 13.1. The molecular weight excluding hydrogens is 354 g/mol. The maximum Gasteiger partial charge on any atom is 0.162 e. The van der Waals surface area contributed by atoms with Crippen LogP contribution in [0.3, 0.4) is 0 Å². The molecule has 1 heterocycles. The van der Waals surface area contributed by atoms with E-state index in [2.05, 4.69) is 33.0 Å². The van der Waals surface area contributed by atoms with Gasteiger partial charge in [-0.05, 0) is 41.4 Å². The number of benzene rings is 1. The molecular formula is C23H27NO4. The van der Waals surface area contributed by atoms with Gasteiger partial charge < -0.3 is 15.5 Å². The summed E-state index contributed by atoms with van der Waals surface area (Å²) < 4.78 is 0. The summed E-state index contributed by atoms with van der Waals surface area (Å²) in [5.74, 6) is -0.869. The van der Waals surface area contributed by atoms with Gasteiger partial charge >= 0.3 is 0 Å². The third kappa shape index (κ3) is 3.03. The molecule has 0 aromatic heterocycles. The lowest BCUT2D eigenvalue weighted by Gasteiger charge is -2.44. The molecule has 2 aliphatic carbocycles. The SMILES string of the molecule is CC1(C)CC(=O)C2=C(C1)NC1=C(C(=O)CC(C)(C)C1)C2c1ccc(O)c(O)c1. The van der Waals surface area contributed by atoms with E-state index in [1.165, 1.54) is 12.1 Å². The molecule has 0 radical (unpaired) electrons. The van der Waals surface area contributed by atoms with Crippen LogP contribution in [-0.2, 0) is 9.59 Å². The molecule has 0 bridgehead atoms. The van der Waals surface area contributed by atoms with E-state index in [1.54, 1.807) is 6.07 Å². The van der Waals surface area contributed by atoms with Gasteiger partial charge in [-0.15, -0.1) is 0 Å². The van der Waals surface area contributed by atoms with Crippen LogP contribution in [0.4, 0.5) is 0 Å². The minimum Gasteiger partial charge on any atom is -0.504 e. The monoisotopic (exact) mass is 381 g/mol. The van der Waals surface area contributed by atoms with E-state index in [0.29, 0.717) is 29.6 Å². The van der Waals surface area contributed by atoms with Crippen molar-refractivity contribution in [1.82, 2.24) is 5.32 Å². The van der Waals surface area contributed by atoms with E-state index in [1.807, 2.05) is 0 Å². The van der Waals surface area contributed by atoms with Crippen molar-refractivity contribution in [2.45, 2.75) is 59.3 Å². The largest absolute Gasteiger partial charge is 0.504 e. The molecule has 148 valence electrons. The fraction of sp³-hybridized carbons (Fsp3) is 0.478. The molecule has 28 heavy (non-hydrogen) atoms. The molecule has 1 aromatic carbocycles. The number of rotatable bonds is 1. The smallest absolute Gasteiger partial charge is 0.162 e. The number of nitrogens with one attached hydrogen (secondary N) is 1. The minimum absolute atomic E-state index is 0.0421. The minimum atomic E-state index is -0.495. The van der Waals surface area contributed by atoms with Crippen molar-refractivity contribution in [2.24, 2.45) is 10.8 Å². The Morgan fingerprint density at radius 1 is 0.821 bits per heavy atom. The number of carbonyl (C=O) groups excluding carboxylic acids is 2. The number of ketones is 2. The van der Waals surface area contributed by atoms with E-state index in [-0.39, 0.29) is 33.9 Å². The van der Waals surface area contributed by atoms with Crippen molar-refractivity contribution in [2.75, 3.05) is 0 Å². The molecule has 0 atom stereocenters. The summed E-state index contributed by atoms with van der Waals surface area (Å²) in [6, 6.07) is 4.59. The fourth-order valence-corrected chi connectivity index (χ4v) is 4.94. The average molecular weight is 381 g/mol. The Balaban J connectivity index is 1.93. The second kappa shape index (κ2) is 5.97. The molecule has 5 heteroatoms. The third-order valence-corrected chi connectivity index (χ3v) is 6.05. The van der Waals surface area contributed by atoms with Gasteiger partial charge in [-0.25, -0.2) is 0 Å². The quantitative estimate of drug-likeness (QED) is 0.639. The van der Waals surface area contributed by atoms with Crippen LogP contribution in [0.15, 0.2) is 40.7 Å². The second-order valence-electron chi connectivity index (χ2n) is 9.97. The molecule has 3 N–H and O–H groups in total. The number of carbonyl (C=O) groups is 2. The molecule has 0 fully saturated rings. The Hall–Kier alpha value is -2.56. The lowest BCUT2D eigenvalue weighted by molar-refractivity contribution is -0.119. The summed E-state index contributed by atoms with van der Waals surface area (Å²) in [7, 11) is 0. The molecule has 1 aromatic rings. The topological polar surface area (TPSA) is 86.6 Å². The van der Waals surface area contributed by atoms with E-state index in [4.69, 9.17) is 0 Å². The van der Waals surface area contributed by atoms with Gasteiger partial charge in [0.1, 0.15) is 0 Å². The Kier molecular flexibility index (Phi) is 4.00. The number of Topliss-reactive ketones (excluding diaryl/α,β-unsaturated/α-hetero) is 2. The summed E-state index contributed by atoms with van der Waals surface area (Å²) in [5, 5.41) is 23.2. The van der Waals surface area contributed by atoms with Gasteiger partial charge in [-0.3, -0.25) is 9.59 Å². The molecule has 3 aliphatic rings. The first-order valence-electron chi connectivity index (χ1n) is 9.79. The Morgan fingerprint density at radius 3 is 1.79 bits per heavy atom. The Bertz CT molecular complexity index is 913. The highest BCUT2D eigenvalue weighted by Gasteiger charge is 2.46. The van der Waals surface area contributed by atoms with Crippen LogP contribution in [0.5, 0.6) is 11.5 Å². The van der Waals surface area contributed by atoms with Gasteiger partial charge in [0.25, 0.3) is 0 Å². The van der Waals surface area contributed by atoms with Crippen LogP contribution in [0.1, 0.15) is 64.9 Å². The van der Waals surface area contributed by atoms with Crippen molar-refractivity contribution in [3.8, 4) is 11.5 Å². The van der Waals surface area contributed by atoms with Gasteiger partial charge in [0.15, 0.2) is 23.1 Å². The molecule has 4 rings (SSSR count). The molecule has 0 amide bonds. The first-order valence-corrected chi connectivity index (χ1v) is 9.79. The first kappa shape index (κ1) is 18.8.